The molecule has 21 heavy (non-hydrogen) atoms. The van der Waals surface area contributed by atoms with E-state index in [4.69, 9.17) is 8.83 Å². The molecule has 104 valence electrons. The molecule has 0 aliphatic rings. The van der Waals surface area contributed by atoms with Crippen molar-refractivity contribution in [2.24, 2.45) is 0 Å². The fourth-order valence-electron chi connectivity index (χ4n) is 2.44. The Morgan fingerprint density at radius 3 is 1.62 bits per heavy atom. The van der Waals surface area contributed by atoms with Crippen LogP contribution in [0.25, 0.3) is 22.2 Å². The molecular weight excluding hydrogens is 264 g/mol. The van der Waals surface area contributed by atoms with Crippen LogP contribution >= 0.6 is 0 Å². The highest BCUT2D eigenvalue weighted by Gasteiger charge is 2.08. The third-order valence-corrected chi connectivity index (χ3v) is 3.46. The highest BCUT2D eigenvalue weighted by molar-refractivity contribution is 5.72. The predicted octanol–water partition coefficient (Wildman–Crippen LogP) is 4.14. The molecule has 0 aliphatic carbocycles. The first kappa shape index (κ1) is 12.1. The van der Waals surface area contributed by atoms with Crippen molar-refractivity contribution in [3.8, 4) is 0 Å². The minimum atomic E-state index is 0.771. The number of fused-ring (bicyclic) bond motifs is 2. The van der Waals surface area contributed by atoms with Gasteiger partial charge in [0.15, 0.2) is 22.9 Å². The fraction of sp³-hybridized carbons (Fsp3) is 0.176. The summed E-state index contributed by atoms with van der Waals surface area (Å²) in [5.41, 5.74) is 3.51. The third-order valence-electron chi connectivity index (χ3n) is 3.46. The second kappa shape index (κ2) is 5.05. The fourth-order valence-corrected chi connectivity index (χ4v) is 2.44. The van der Waals surface area contributed by atoms with Gasteiger partial charge in [-0.05, 0) is 30.7 Å². The van der Waals surface area contributed by atoms with Gasteiger partial charge in [-0.3, -0.25) is 0 Å². The van der Waals surface area contributed by atoms with E-state index < -0.39 is 0 Å². The zero-order chi connectivity index (χ0) is 14.1. The van der Waals surface area contributed by atoms with Gasteiger partial charge in [0.1, 0.15) is 11.0 Å². The summed E-state index contributed by atoms with van der Waals surface area (Å²) in [6.07, 6.45) is 2.47. The molecule has 0 atom stereocenters. The number of aryl methyl sites for hydroxylation is 2. The molecule has 4 nitrogen and oxygen atoms in total. The van der Waals surface area contributed by atoms with Gasteiger partial charge in [0, 0.05) is 12.8 Å². The van der Waals surface area contributed by atoms with E-state index in [-0.39, 0.29) is 0 Å². The average Bonchev–Trinajstić information content (AvgIpc) is 3.09. The van der Waals surface area contributed by atoms with Crippen molar-refractivity contribution >= 4 is 22.2 Å². The summed E-state index contributed by atoms with van der Waals surface area (Å²) in [6.45, 7) is 0. The van der Waals surface area contributed by atoms with Crippen molar-refractivity contribution in [2.75, 3.05) is 0 Å². The molecule has 0 radical (unpaired) electrons. The predicted molar refractivity (Wildman–Crippen MR) is 80.0 cm³/mol. The van der Waals surface area contributed by atoms with Crippen molar-refractivity contribution in [1.29, 1.82) is 0 Å². The molecule has 0 saturated carbocycles. The van der Waals surface area contributed by atoms with Crippen molar-refractivity contribution in [1.82, 2.24) is 9.97 Å². The Morgan fingerprint density at radius 1 is 0.667 bits per heavy atom. The Balaban J connectivity index is 1.44. The molecule has 0 unspecified atom stereocenters. The summed E-state index contributed by atoms with van der Waals surface area (Å²) >= 11 is 0. The van der Waals surface area contributed by atoms with Crippen LogP contribution in [0.3, 0.4) is 0 Å². The van der Waals surface area contributed by atoms with Gasteiger partial charge >= 0.3 is 0 Å². The molecule has 4 aromatic rings. The van der Waals surface area contributed by atoms with Gasteiger partial charge in [0.25, 0.3) is 0 Å². The standard InChI is InChI=1S/C17H14N2O2/c1-3-8-14-12(6-1)18-16(20-14)10-5-11-17-19-13-7-2-4-9-15(13)21-17/h1-4,6-9H,5,10-11H2. The van der Waals surface area contributed by atoms with E-state index >= 15 is 0 Å². The van der Waals surface area contributed by atoms with Crippen LogP contribution in [0.2, 0.25) is 0 Å². The molecule has 0 aliphatic heterocycles. The van der Waals surface area contributed by atoms with Gasteiger partial charge in [-0.1, -0.05) is 24.3 Å². The highest BCUT2D eigenvalue weighted by atomic mass is 16.4. The lowest BCUT2D eigenvalue weighted by atomic mass is 10.2. The lowest BCUT2D eigenvalue weighted by Crippen LogP contribution is -1.90. The molecule has 4 heteroatoms. The maximum atomic E-state index is 5.70. The zero-order valence-electron chi connectivity index (χ0n) is 11.5. The molecule has 2 heterocycles. The van der Waals surface area contributed by atoms with E-state index in [0.29, 0.717) is 0 Å². The maximum Gasteiger partial charge on any atom is 0.195 e. The van der Waals surface area contributed by atoms with E-state index in [1.54, 1.807) is 0 Å². The summed E-state index contributed by atoms with van der Waals surface area (Å²) in [5, 5.41) is 0. The van der Waals surface area contributed by atoms with Crippen molar-refractivity contribution in [2.45, 2.75) is 19.3 Å². The summed E-state index contributed by atoms with van der Waals surface area (Å²) < 4.78 is 11.4. The van der Waals surface area contributed by atoms with Crippen molar-refractivity contribution in [3.63, 3.8) is 0 Å². The normalized spacial score (nSPS) is 11.4. The Bertz CT molecular complexity index is 752. The van der Waals surface area contributed by atoms with Crippen molar-refractivity contribution < 1.29 is 8.83 Å². The third kappa shape index (κ3) is 2.40. The van der Waals surface area contributed by atoms with Crippen LogP contribution in [0.15, 0.2) is 57.4 Å². The van der Waals surface area contributed by atoms with Crippen LogP contribution in [0.4, 0.5) is 0 Å². The number of hydrogen-bond donors (Lipinski definition) is 0. The van der Waals surface area contributed by atoms with Crippen LogP contribution in [-0.2, 0) is 12.8 Å². The van der Waals surface area contributed by atoms with Gasteiger partial charge in [-0.25, -0.2) is 9.97 Å². The Hall–Kier alpha value is -2.62. The second-order valence-electron chi connectivity index (χ2n) is 5.00. The molecule has 4 rings (SSSR count). The Kier molecular flexibility index (Phi) is 2.92. The molecule has 0 spiro atoms. The van der Waals surface area contributed by atoms with Gasteiger partial charge in [-0.2, -0.15) is 0 Å². The second-order valence-corrected chi connectivity index (χ2v) is 5.00. The van der Waals surface area contributed by atoms with E-state index in [1.165, 1.54) is 0 Å². The van der Waals surface area contributed by atoms with Crippen LogP contribution in [-0.4, -0.2) is 9.97 Å². The summed E-state index contributed by atoms with van der Waals surface area (Å²) in [6, 6.07) is 15.6. The number of benzene rings is 2. The molecular formula is C17H14N2O2. The Morgan fingerprint density at radius 2 is 1.14 bits per heavy atom. The van der Waals surface area contributed by atoms with Gasteiger partial charge in [-0.15, -0.1) is 0 Å². The monoisotopic (exact) mass is 278 g/mol. The van der Waals surface area contributed by atoms with Gasteiger partial charge < -0.3 is 8.83 Å². The number of nitrogens with zero attached hydrogens (tertiary/aromatic N) is 2. The number of hydrogen-bond acceptors (Lipinski definition) is 4. The van der Waals surface area contributed by atoms with E-state index in [9.17, 15) is 0 Å². The smallest absolute Gasteiger partial charge is 0.195 e. The quantitative estimate of drug-likeness (QED) is 0.563. The number of para-hydroxylation sites is 4. The first-order valence-electron chi connectivity index (χ1n) is 7.07. The van der Waals surface area contributed by atoms with Crippen molar-refractivity contribution in [3.05, 3.63) is 60.3 Å². The molecule has 0 saturated heterocycles. The molecule has 2 aromatic carbocycles. The van der Waals surface area contributed by atoms with E-state index in [1.807, 2.05) is 48.5 Å². The molecule has 0 bridgehead atoms. The van der Waals surface area contributed by atoms with E-state index in [2.05, 4.69) is 9.97 Å². The molecule has 2 aromatic heterocycles. The van der Waals surface area contributed by atoms with Crippen LogP contribution < -0.4 is 0 Å². The number of rotatable bonds is 4. The molecule has 0 fully saturated rings. The first-order chi connectivity index (χ1) is 10.4. The van der Waals surface area contributed by atoms with Gasteiger partial charge in [0.2, 0.25) is 0 Å². The van der Waals surface area contributed by atoms with Gasteiger partial charge in [0.05, 0.1) is 0 Å². The summed E-state index contributed by atoms with van der Waals surface area (Å²) in [7, 11) is 0. The number of aromatic nitrogens is 2. The summed E-state index contributed by atoms with van der Waals surface area (Å²) in [4.78, 5) is 8.94. The maximum absolute atomic E-state index is 5.70. The lowest BCUT2D eigenvalue weighted by molar-refractivity contribution is 0.489. The average molecular weight is 278 g/mol. The highest BCUT2D eigenvalue weighted by Crippen LogP contribution is 2.18. The lowest BCUT2D eigenvalue weighted by Gasteiger charge is -1.93. The zero-order valence-corrected chi connectivity index (χ0v) is 11.5. The largest absolute Gasteiger partial charge is 0.441 e. The SMILES string of the molecule is c1ccc2oc(CCCc3nc4ccccc4o3)nc2c1. The topological polar surface area (TPSA) is 52.1 Å². The first-order valence-corrected chi connectivity index (χ1v) is 7.07. The number of oxazole rings is 2. The minimum Gasteiger partial charge on any atom is -0.441 e. The van der Waals surface area contributed by atoms with Crippen LogP contribution in [0.5, 0.6) is 0 Å². The molecule has 0 N–H and O–H groups in total. The minimum absolute atomic E-state index is 0.771. The van der Waals surface area contributed by atoms with Crippen LogP contribution in [0.1, 0.15) is 18.2 Å². The summed E-state index contributed by atoms with van der Waals surface area (Å²) in [5.74, 6) is 1.54. The molecule has 0 amide bonds. The van der Waals surface area contributed by atoms with Crippen LogP contribution in [0, 0.1) is 0 Å². The van der Waals surface area contributed by atoms with E-state index in [0.717, 1.165) is 53.2 Å². The Labute approximate surface area is 121 Å².